The minimum absolute atomic E-state index is 0.0705. The van der Waals surface area contributed by atoms with Gasteiger partial charge in [0.15, 0.2) is 0 Å². The molecule has 0 saturated heterocycles. The highest BCUT2D eigenvalue weighted by atomic mass is 31.2. The lowest BCUT2D eigenvalue weighted by atomic mass is 10.4. The van der Waals surface area contributed by atoms with Crippen LogP contribution in [0.15, 0.2) is 0 Å². The molecule has 0 N–H and O–H groups in total. The molecule has 0 aromatic carbocycles. The molecule has 0 fully saturated rings. The zero-order valence-electron chi connectivity index (χ0n) is 8.71. The molecule has 0 aromatic rings. The predicted octanol–water partition coefficient (Wildman–Crippen LogP) is 2.69. The average molecular weight is 206 g/mol. The number of rotatable bonds is 7. The maximum Gasteiger partial charge on any atom is 0.200 e. The van der Waals surface area contributed by atoms with Gasteiger partial charge in [-0.3, -0.25) is 4.57 Å². The van der Waals surface area contributed by atoms with E-state index < -0.39 is 7.37 Å². The third-order valence-electron chi connectivity index (χ3n) is 1.73. The lowest BCUT2D eigenvalue weighted by Crippen LogP contribution is -2.00. The van der Waals surface area contributed by atoms with Crippen molar-refractivity contribution in [1.29, 1.82) is 0 Å². The fourth-order valence-electron chi connectivity index (χ4n) is 0.827. The van der Waals surface area contributed by atoms with Gasteiger partial charge in [0.05, 0.1) is 6.61 Å². The molecule has 0 spiro atoms. The SMILES string of the molecule is CCCCOP(C)(=O)CCC(C)=O. The lowest BCUT2D eigenvalue weighted by Gasteiger charge is -2.12. The molecule has 0 aliphatic rings. The number of carbonyl (C=O) groups excluding carboxylic acids is 1. The van der Waals surface area contributed by atoms with E-state index in [2.05, 4.69) is 6.92 Å². The van der Waals surface area contributed by atoms with E-state index in [4.69, 9.17) is 4.52 Å². The molecule has 4 heteroatoms. The Hall–Kier alpha value is -0.140. The monoisotopic (exact) mass is 206 g/mol. The van der Waals surface area contributed by atoms with Crippen LogP contribution in [0.2, 0.25) is 0 Å². The zero-order chi connectivity index (χ0) is 10.3. The van der Waals surface area contributed by atoms with Gasteiger partial charge in [-0.05, 0) is 13.3 Å². The Morgan fingerprint density at radius 3 is 2.54 bits per heavy atom. The first-order chi connectivity index (χ1) is 5.98. The molecule has 3 nitrogen and oxygen atoms in total. The predicted molar refractivity (Wildman–Crippen MR) is 54.6 cm³/mol. The van der Waals surface area contributed by atoms with Gasteiger partial charge in [-0.15, -0.1) is 0 Å². The van der Waals surface area contributed by atoms with Crippen molar-refractivity contribution in [3.05, 3.63) is 0 Å². The van der Waals surface area contributed by atoms with Crippen LogP contribution < -0.4 is 0 Å². The van der Waals surface area contributed by atoms with Gasteiger partial charge in [0.1, 0.15) is 5.78 Å². The van der Waals surface area contributed by atoms with Crippen LogP contribution in [0.5, 0.6) is 0 Å². The van der Waals surface area contributed by atoms with E-state index in [0.29, 0.717) is 19.2 Å². The number of hydrogen-bond acceptors (Lipinski definition) is 3. The Bertz CT molecular complexity index is 201. The minimum atomic E-state index is -2.50. The molecular weight excluding hydrogens is 187 g/mol. The van der Waals surface area contributed by atoms with E-state index in [1.165, 1.54) is 6.92 Å². The number of ketones is 1. The maximum atomic E-state index is 11.6. The van der Waals surface area contributed by atoms with Crippen molar-refractivity contribution in [1.82, 2.24) is 0 Å². The first-order valence-corrected chi connectivity index (χ1v) is 6.94. The van der Waals surface area contributed by atoms with Gasteiger partial charge in [-0.2, -0.15) is 0 Å². The van der Waals surface area contributed by atoms with Crippen LogP contribution in [0.3, 0.4) is 0 Å². The molecule has 0 aliphatic heterocycles. The van der Waals surface area contributed by atoms with Crippen LogP contribution in [0.4, 0.5) is 0 Å². The number of Topliss-reactive ketones (excluding diaryl/α,β-unsaturated/α-hetero) is 1. The highest BCUT2D eigenvalue weighted by Gasteiger charge is 2.15. The highest BCUT2D eigenvalue weighted by molar-refractivity contribution is 7.58. The molecule has 0 bridgehead atoms. The van der Waals surface area contributed by atoms with Crippen molar-refractivity contribution in [2.24, 2.45) is 0 Å². The van der Waals surface area contributed by atoms with Crippen LogP contribution in [-0.4, -0.2) is 25.2 Å². The number of carbonyl (C=O) groups is 1. The molecule has 0 rings (SSSR count). The quantitative estimate of drug-likeness (QED) is 0.475. The van der Waals surface area contributed by atoms with Crippen molar-refractivity contribution < 1.29 is 13.9 Å². The Morgan fingerprint density at radius 2 is 2.08 bits per heavy atom. The Kier molecular flexibility index (Phi) is 6.27. The third kappa shape index (κ3) is 8.20. The van der Waals surface area contributed by atoms with Crippen molar-refractivity contribution in [2.45, 2.75) is 33.1 Å². The molecule has 0 heterocycles. The summed E-state index contributed by atoms with van der Waals surface area (Å²) in [5, 5.41) is 0. The lowest BCUT2D eigenvalue weighted by molar-refractivity contribution is -0.116. The van der Waals surface area contributed by atoms with Crippen molar-refractivity contribution in [3.63, 3.8) is 0 Å². The summed E-state index contributed by atoms with van der Waals surface area (Å²) in [7, 11) is -2.50. The second-order valence-corrected chi connectivity index (χ2v) is 6.11. The third-order valence-corrected chi connectivity index (χ3v) is 3.50. The molecule has 1 unspecified atom stereocenters. The standard InChI is InChI=1S/C9H19O3P/c1-4-5-7-12-13(3,11)8-6-9(2)10/h4-8H2,1-3H3. The van der Waals surface area contributed by atoms with E-state index in [1.54, 1.807) is 6.66 Å². The van der Waals surface area contributed by atoms with Gasteiger partial charge in [-0.1, -0.05) is 13.3 Å². The molecule has 13 heavy (non-hydrogen) atoms. The molecule has 0 saturated carbocycles. The first kappa shape index (κ1) is 12.9. The maximum absolute atomic E-state index is 11.6. The second-order valence-electron chi connectivity index (χ2n) is 3.38. The van der Waals surface area contributed by atoms with Gasteiger partial charge < -0.3 is 9.32 Å². The summed E-state index contributed by atoms with van der Waals surface area (Å²) in [5.41, 5.74) is 0. The van der Waals surface area contributed by atoms with Crippen LogP contribution in [0.1, 0.15) is 33.1 Å². The van der Waals surface area contributed by atoms with Crippen molar-refractivity contribution >= 4 is 13.2 Å². The van der Waals surface area contributed by atoms with Gasteiger partial charge >= 0.3 is 0 Å². The summed E-state index contributed by atoms with van der Waals surface area (Å²) >= 11 is 0. The van der Waals surface area contributed by atoms with E-state index in [1.807, 2.05) is 0 Å². The second kappa shape index (κ2) is 6.33. The molecule has 0 amide bonds. The first-order valence-electron chi connectivity index (χ1n) is 4.68. The largest absolute Gasteiger partial charge is 0.329 e. The van der Waals surface area contributed by atoms with E-state index >= 15 is 0 Å². The van der Waals surface area contributed by atoms with Crippen LogP contribution in [-0.2, 0) is 13.9 Å². The van der Waals surface area contributed by atoms with Crippen molar-refractivity contribution in [2.75, 3.05) is 19.4 Å². The van der Waals surface area contributed by atoms with E-state index in [9.17, 15) is 9.36 Å². The van der Waals surface area contributed by atoms with E-state index in [0.717, 1.165) is 12.8 Å². The summed E-state index contributed by atoms with van der Waals surface area (Å²) < 4.78 is 16.8. The molecule has 1 atom stereocenters. The molecule has 78 valence electrons. The van der Waals surface area contributed by atoms with Gasteiger partial charge in [0.2, 0.25) is 7.37 Å². The smallest absolute Gasteiger partial charge is 0.200 e. The normalized spacial score (nSPS) is 15.3. The Morgan fingerprint density at radius 1 is 1.46 bits per heavy atom. The summed E-state index contributed by atoms with van der Waals surface area (Å²) in [5.74, 6) is 0.0705. The Labute approximate surface area is 80.3 Å². The van der Waals surface area contributed by atoms with Crippen LogP contribution in [0, 0.1) is 0 Å². The van der Waals surface area contributed by atoms with Crippen LogP contribution in [0.25, 0.3) is 0 Å². The van der Waals surface area contributed by atoms with E-state index in [-0.39, 0.29) is 5.78 Å². The minimum Gasteiger partial charge on any atom is -0.329 e. The summed E-state index contributed by atoms with van der Waals surface area (Å²) in [6.45, 7) is 5.71. The summed E-state index contributed by atoms with van der Waals surface area (Å²) in [4.78, 5) is 10.6. The van der Waals surface area contributed by atoms with Gasteiger partial charge in [0.25, 0.3) is 0 Å². The number of unbranched alkanes of at least 4 members (excludes halogenated alkanes) is 1. The molecule has 0 radical (unpaired) electrons. The summed E-state index contributed by atoms with van der Waals surface area (Å²) in [6.07, 6.45) is 2.70. The summed E-state index contributed by atoms with van der Waals surface area (Å²) in [6, 6.07) is 0. The van der Waals surface area contributed by atoms with Gasteiger partial charge in [0, 0.05) is 19.2 Å². The number of hydrogen-bond donors (Lipinski definition) is 0. The van der Waals surface area contributed by atoms with Crippen molar-refractivity contribution in [3.8, 4) is 0 Å². The molecule has 0 aromatic heterocycles. The van der Waals surface area contributed by atoms with Gasteiger partial charge in [-0.25, -0.2) is 0 Å². The Balaban J connectivity index is 3.67. The highest BCUT2D eigenvalue weighted by Crippen LogP contribution is 2.43. The fraction of sp³-hybridized carbons (Fsp3) is 0.889. The topological polar surface area (TPSA) is 43.4 Å². The van der Waals surface area contributed by atoms with Crippen LogP contribution >= 0.6 is 7.37 Å². The molecular formula is C9H19O3P. The fourth-order valence-corrected chi connectivity index (χ4v) is 2.19. The zero-order valence-corrected chi connectivity index (χ0v) is 9.60. The molecule has 0 aliphatic carbocycles. The average Bonchev–Trinajstić information content (AvgIpc) is 2.02.